The van der Waals surface area contributed by atoms with Crippen molar-refractivity contribution in [1.29, 1.82) is 0 Å². The highest BCUT2D eigenvalue weighted by Crippen LogP contribution is 2.31. The fraction of sp³-hybridized carbons (Fsp3) is 0.667. The van der Waals surface area contributed by atoms with Gasteiger partial charge in [0.25, 0.3) is 0 Å². The molecule has 4 atom stereocenters. The largest absolute Gasteiger partial charge is 0.312 e. The van der Waals surface area contributed by atoms with Gasteiger partial charge in [0.05, 0.1) is 0 Å². The summed E-state index contributed by atoms with van der Waals surface area (Å²) in [5.74, 6) is 0. The van der Waals surface area contributed by atoms with Crippen LogP contribution in [0.25, 0.3) is 0 Å². The molecule has 2 fully saturated rings. The van der Waals surface area contributed by atoms with Crippen LogP contribution in [0.1, 0.15) is 37.8 Å². The Hall–Kier alpha value is -0.900. The van der Waals surface area contributed by atoms with E-state index >= 15 is 0 Å². The van der Waals surface area contributed by atoms with Gasteiger partial charge in [0.2, 0.25) is 0 Å². The average Bonchev–Trinajstić information content (AvgIpc) is 2.74. The minimum absolute atomic E-state index is 0.410. The van der Waals surface area contributed by atoms with Crippen molar-refractivity contribution in [2.45, 2.75) is 50.4 Å². The van der Waals surface area contributed by atoms with Crippen molar-refractivity contribution < 1.29 is 0 Å². The molecule has 0 aliphatic carbocycles. The Morgan fingerprint density at radius 3 is 2.52 bits per heavy atom. The summed E-state index contributed by atoms with van der Waals surface area (Å²) >= 11 is 0. The lowest BCUT2D eigenvalue weighted by Crippen LogP contribution is -2.46. The van der Waals surface area contributed by atoms with Gasteiger partial charge in [-0.2, -0.15) is 0 Å². The lowest BCUT2D eigenvalue weighted by Gasteiger charge is -2.36. The smallest absolute Gasteiger partial charge is 0.0473 e. The number of rotatable bonds is 4. The predicted molar refractivity (Wildman–Crippen MR) is 88.5 cm³/mol. The summed E-state index contributed by atoms with van der Waals surface area (Å²) in [6.45, 7) is 4.84. The minimum atomic E-state index is 0.410. The number of hydrogen-bond donors (Lipinski definition) is 1. The van der Waals surface area contributed by atoms with E-state index in [0.29, 0.717) is 12.1 Å². The van der Waals surface area contributed by atoms with Gasteiger partial charge in [-0.15, -0.1) is 0 Å². The summed E-state index contributed by atoms with van der Waals surface area (Å²) in [6.07, 6.45) is 4.10. The van der Waals surface area contributed by atoms with Crippen molar-refractivity contribution in [3.05, 3.63) is 35.9 Å². The molecule has 4 unspecified atom stereocenters. The second kappa shape index (κ2) is 6.47. The topological polar surface area (TPSA) is 18.5 Å². The van der Waals surface area contributed by atoms with Gasteiger partial charge in [-0.1, -0.05) is 30.3 Å². The van der Waals surface area contributed by atoms with Crippen LogP contribution in [0.2, 0.25) is 0 Å². The molecule has 1 N–H and O–H groups in total. The van der Waals surface area contributed by atoms with E-state index in [9.17, 15) is 0 Å². The van der Waals surface area contributed by atoms with E-state index in [-0.39, 0.29) is 0 Å². The zero-order chi connectivity index (χ0) is 14.8. The molecule has 2 aliphatic rings. The van der Waals surface area contributed by atoms with Gasteiger partial charge < -0.3 is 5.32 Å². The van der Waals surface area contributed by atoms with E-state index in [2.05, 4.69) is 66.5 Å². The zero-order valence-electron chi connectivity index (χ0n) is 13.6. The van der Waals surface area contributed by atoms with Crippen LogP contribution in [-0.4, -0.2) is 55.1 Å². The van der Waals surface area contributed by atoms with Crippen molar-refractivity contribution in [3.8, 4) is 0 Å². The third-order valence-electron chi connectivity index (χ3n) is 5.71. The first-order valence-corrected chi connectivity index (χ1v) is 8.39. The van der Waals surface area contributed by atoms with E-state index in [1.807, 2.05) is 0 Å². The van der Waals surface area contributed by atoms with Crippen LogP contribution >= 0.6 is 0 Å². The monoisotopic (exact) mass is 287 g/mol. The fourth-order valence-corrected chi connectivity index (χ4v) is 4.26. The molecule has 21 heavy (non-hydrogen) atoms. The summed E-state index contributed by atoms with van der Waals surface area (Å²) in [5, 5.41) is 3.54. The molecule has 3 nitrogen and oxygen atoms in total. The van der Waals surface area contributed by atoms with Crippen LogP contribution in [0.15, 0.2) is 30.3 Å². The number of likely N-dealkylation sites (tertiary alicyclic amines) is 1. The molecule has 0 radical (unpaired) electrons. The molecule has 116 valence electrons. The number of nitrogens with zero attached hydrogens (tertiary/aromatic N) is 2. The highest BCUT2D eigenvalue weighted by atomic mass is 15.3. The van der Waals surface area contributed by atoms with E-state index in [0.717, 1.165) is 12.1 Å². The molecule has 2 aliphatic heterocycles. The molecular weight excluding hydrogens is 258 g/mol. The lowest BCUT2D eigenvalue weighted by molar-refractivity contribution is 0.153. The Labute approximate surface area is 129 Å². The molecule has 1 aromatic rings. The van der Waals surface area contributed by atoms with E-state index < -0.39 is 0 Å². The second-order valence-corrected chi connectivity index (χ2v) is 6.75. The van der Waals surface area contributed by atoms with Crippen LogP contribution < -0.4 is 5.32 Å². The van der Waals surface area contributed by atoms with Crippen molar-refractivity contribution in [2.24, 2.45) is 0 Å². The molecule has 3 heteroatoms. The highest BCUT2D eigenvalue weighted by Gasteiger charge is 2.37. The summed E-state index contributed by atoms with van der Waals surface area (Å²) in [4.78, 5) is 5.33. The molecule has 2 heterocycles. The van der Waals surface area contributed by atoms with Crippen molar-refractivity contribution in [1.82, 2.24) is 15.1 Å². The highest BCUT2D eigenvalue weighted by molar-refractivity contribution is 5.20. The first-order chi connectivity index (χ1) is 10.2. The van der Waals surface area contributed by atoms with Gasteiger partial charge in [0, 0.05) is 37.3 Å². The van der Waals surface area contributed by atoms with Gasteiger partial charge in [0.1, 0.15) is 0 Å². The van der Waals surface area contributed by atoms with Crippen LogP contribution in [0.5, 0.6) is 0 Å². The van der Waals surface area contributed by atoms with Crippen LogP contribution in [-0.2, 0) is 0 Å². The maximum atomic E-state index is 3.54. The minimum Gasteiger partial charge on any atom is -0.312 e. The molecule has 0 spiro atoms. The maximum Gasteiger partial charge on any atom is 0.0473 e. The van der Waals surface area contributed by atoms with Gasteiger partial charge in [-0.05, 0) is 45.8 Å². The Morgan fingerprint density at radius 1 is 1.10 bits per heavy atom. The van der Waals surface area contributed by atoms with E-state index in [1.165, 1.54) is 37.9 Å². The van der Waals surface area contributed by atoms with E-state index in [4.69, 9.17) is 0 Å². The SMILES string of the molecule is CNC(c1ccccc1)C(C)N1CCC2CCC(C1)N2C. The Morgan fingerprint density at radius 2 is 1.81 bits per heavy atom. The normalized spacial score (nSPS) is 30.0. The maximum absolute atomic E-state index is 3.54. The summed E-state index contributed by atoms with van der Waals surface area (Å²) in [6, 6.07) is 13.4. The third kappa shape index (κ3) is 3.01. The summed E-state index contributed by atoms with van der Waals surface area (Å²) < 4.78 is 0. The number of likely N-dealkylation sites (N-methyl/N-ethyl adjacent to an activating group) is 2. The van der Waals surface area contributed by atoms with Gasteiger partial charge in [0.15, 0.2) is 0 Å². The van der Waals surface area contributed by atoms with E-state index in [1.54, 1.807) is 0 Å². The average molecular weight is 287 g/mol. The molecule has 3 rings (SSSR count). The molecule has 2 bridgehead atoms. The van der Waals surface area contributed by atoms with Crippen molar-refractivity contribution in [2.75, 3.05) is 27.2 Å². The third-order valence-corrected chi connectivity index (χ3v) is 5.71. The van der Waals surface area contributed by atoms with Crippen molar-refractivity contribution >= 4 is 0 Å². The molecular formula is C18H29N3. The number of nitrogens with one attached hydrogen (secondary N) is 1. The quantitative estimate of drug-likeness (QED) is 0.918. The standard InChI is InChI=1S/C18H29N3/c1-14(18(19-2)15-7-5-4-6-8-15)21-12-11-16-9-10-17(13-21)20(16)3/h4-8,14,16-19H,9-13H2,1-3H3. The zero-order valence-corrected chi connectivity index (χ0v) is 13.6. The Kier molecular flexibility index (Phi) is 4.63. The Bertz CT molecular complexity index is 447. The first kappa shape index (κ1) is 15.0. The fourth-order valence-electron chi connectivity index (χ4n) is 4.26. The number of benzene rings is 1. The van der Waals surface area contributed by atoms with Gasteiger partial charge in [-0.25, -0.2) is 0 Å². The molecule has 0 saturated carbocycles. The van der Waals surface area contributed by atoms with Crippen LogP contribution in [0, 0.1) is 0 Å². The summed E-state index contributed by atoms with van der Waals surface area (Å²) in [7, 11) is 4.41. The van der Waals surface area contributed by atoms with Crippen LogP contribution in [0.4, 0.5) is 0 Å². The second-order valence-electron chi connectivity index (χ2n) is 6.75. The Balaban J connectivity index is 1.73. The molecule has 1 aromatic carbocycles. The molecule has 2 saturated heterocycles. The van der Waals surface area contributed by atoms with Crippen LogP contribution in [0.3, 0.4) is 0 Å². The van der Waals surface area contributed by atoms with Crippen molar-refractivity contribution in [3.63, 3.8) is 0 Å². The first-order valence-electron chi connectivity index (χ1n) is 8.39. The number of hydrogen-bond acceptors (Lipinski definition) is 3. The predicted octanol–water partition coefficient (Wildman–Crippen LogP) is 2.50. The lowest BCUT2D eigenvalue weighted by atomic mass is 9.97. The number of fused-ring (bicyclic) bond motifs is 2. The summed E-state index contributed by atoms with van der Waals surface area (Å²) in [5.41, 5.74) is 1.40. The molecule has 0 aromatic heterocycles. The van der Waals surface area contributed by atoms with Gasteiger partial charge >= 0.3 is 0 Å². The van der Waals surface area contributed by atoms with Gasteiger partial charge in [-0.3, -0.25) is 9.80 Å². The molecule has 0 amide bonds.